The van der Waals surface area contributed by atoms with Gasteiger partial charge in [0.2, 0.25) is 0 Å². The number of carbonyl (C=O) groups excluding carboxylic acids is 1. The van der Waals surface area contributed by atoms with E-state index in [0.29, 0.717) is 6.42 Å². The average Bonchev–Trinajstić information content (AvgIpc) is 2.26. The van der Waals surface area contributed by atoms with Gasteiger partial charge in [0.1, 0.15) is 0 Å². The zero-order chi connectivity index (χ0) is 11.4. The van der Waals surface area contributed by atoms with Crippen molar-refractivity contribution in [1.82, 2.24) is 0 Å². The quantitative estimate of drug-likeness (QED) is 0.399. The molecule has 0 heterocycles. The molecule has 0 bridgehead atoms. The van der Waals surface area contributed by atoms with E-state index in [-0.39, 0.29) is 5.97 Å². The molecule has 2 heteroatoms. The van der Waals surface area contributed by atoms with E-state index in [1.807, 2.05) is 13.0 Å². The van der Waals surface area contributed by atoms with E-state index in [2.05, 4.69) is 28.4 Å². The molecule has 0 radical (unpaired) electrons. The van der Waals surface area contributed by atoms with Crippen LogP contribution in [0, 0.1) is 23.7 Å². The smallest absolute Gasteiger partial charge is 0.305 e. The van der Waals surface area contributed by atoms with E-state index in [9.17, 15) is 4.79 Å². The van der Waals surface area contributed by atoms with Gasteiger partial charge in [-0.25, -0.2) is 0 Å². The van der Waals surface area contributed by atoms with Gasteiger partial charge in [0, 0.05) is 12.8 Å². The second-order valence-corrected chi connectivity index (χ2v) is 2.85. The summed E-state index contributed by atoms with van der Waals surface area (Å²) in [5.74, 6) is 11.0. The highest BCUT2D eigenvalue weighted by molar-refractivity contribution is 5.68. The van der Waals surface area contributed by atoms with Crippen molar-refractivity contribution in [1.29, 1.82) is 0 Å². The number of hydrogen-bond donors (Lipinski definition) is 0. The summed E-state index contributed by atoms with van der Waals surface area (Å²) in [7, 11) is 1.40. The van der Waals surface area contributed by atoms with Crippen molar-refractivity contribution in [3.63, 3.8) is 0 Å². The largest absolute Gasteiger partial charge is 0.469 e. The number of esters is 1. The summed E-state index contributed by atoms with van der Waals surface area (Å²) in [5, 5.41) is 0. The lowest BCUT2D eigenvalue weighted by Crippen LogP contribution is -1.98. The van der Waals surface area contributed by atoms with Crippen molar-refractivity contribution in [3.8, 4) is 23.7 Å². The lowest BCUT2D eigenvalue weighted by Gasteiger charge is -1.95. The summed E-state index contributed by atoms with van der Waals surface area (Å²) in [5.41, 5.74) is 0. The van der Waals surface area contributed by atoms with Gasteiger partial charge in [-0.1, -0.05) is 17.9 Å². The Balaban J connectivity index is 3.47. The molecule has 0 unspecified atom stereocenters. The highest BCUT2D eigenvalue weighted by atomic mass is 16.5. The van der Waals surface area contributed by atoms with Crippen LogP contribution >= 0.6 is 0 Å². The van der Waals surface area contributed by atoms with Gasteiger partial charge in [0.05, 0.1) is 7.11 Å². The second kappa shape index (κ2) is 10.4. The van der Waals surface area contributed by atoms with Crippen molar-refractivity contribution < 1.29 is 9.53 Å². The topological polar surface area (TPSA) is 26.3 Å². The zero-order valence-corrected chi connectivity index (χ0v) is 9.30. The van der Waals surface area contributed by atoms with Gasteiger partial charge in [-0.3, -0.25) is 4.79 Å². The molecule has 0 amide bonds. The van der Waals surface area contributed by atoms with Crippen LogP contribution in [-0.4, -0.2) is 13.1 Å². The molecular formula is C13H16O2. The molecule has 0 atom stereocenters. The lowest BCUT2D eigenvalue weighted by atomic mass is 10.2. The molecule has 0 saturated carbocycles. The molecule has 0 N–H and O–H groups in total. The number of carbonyl (C=O) groups is 1. The first-order chi connectivity index (χ1) is 7.31. The first-order valence-corrected chi connectivity index (χ1v) is 4.97. The van der Waals surface area contributed by atoms with E-state index >= 15 is 0 Å². The van der Waals surface area contributed by atoms with E-state index in [1.165, 1.54) is 7.11 Å². The third kappa shape index (κ3) is 10.2. The molecule has 0 spiro atoms. The van der Waals surface area contributed by atoms with Gasteiger partial charge in [0.25, 0.3) is 0 Å². The Morgan fingerprint density at radius 3 is 2.80 bits per heavy atom. The van der Waals surface area contributed by atoms with Crippen LogP contribution in [-0.2, 0) is 9.53 Å². The third-order valence-electron chi connectivity index (χ3n) is 1.63. The minimum absolute atomic E-state index is 0.157. The van der Waals surface area contributed by atoms with Crippen LogP contribution in [0.3, 0.4) is 0 Å². The maximum atomic E-state index is 10.7. The highest BCUT2D eigenvalue weighted by Gasteiger charge is 1.97. The summed E-state index contributed by atoms with van der Waals surface area (Å²) in [4.78, 5) is 10.7. The number of allylic oxidation sites excluding steroid dienone is 2. The van der Waals surface area contributed by atoms with E-state index in [4.69, 9.17) is 0 Å². The molecule has 0 aliphatic rings. The molecular weight excluding hydrogens is 188 g/mol. The van der Waals surface area contributed by atoms with E-state index in [0.717, 1.165) is 19.3 Å². The number of methoxy groups -OCH3 is 1. The van der Waals surface area contributed by atoms with Gasteiger partial charge in [0.15, 0.2) is 0 Å². The van der Waals surface area contributed by atoms with Crippen molar-refractivity contribution in [2.24, 2.45) is 0 Å². The van der Waals surface area contributed by atoms with Crippen LogP contribution in [0.5, 0.6) is 0 Å². The molecule has 0 saturated heterocycles. The van der Waals surface area contributed by atoms with Crippen LogP contribution in [0.4, 0.5) is 0 Å². The van der Waals surface area contributed by atoms with Gasteiger partial charge >= 0.3 is 5.97 Å². The monoisotopic (exact) mass is 204 g/mol. The second-order valence-electron chi connectivity index (χ2n) is 2.85. The SMILES string of the molecule is C/C=C\C#CC#CCCCCC(=O)OC. The number of ether oxygens (including phenoxy) is 1. The Labute approximate surface area is 91.7 Å². The molecule has 80 valence electrons. The molecule has 0 aliphatic carbocycles. The fraction of sp³-hybridized carbons (Fsp3) is 0.462. The van der Waals surface area contributed by atoms with Gasteiger partial charge in [-0.15, -0.1) is 0 Å². The summed E-state index contributed by atoms with van der Waals surface area (Å²) in [6.07, 6.45) is 6.61. The first-order valence-electron chi connectivity index (χ1n) is 4.97. The van der Waals surface area contributed by atoms with E-state index < -0.39 is 0 Å². The third-order valence-corrected chi connectivity index (χ3v) is 1.63. The van der Waals surface area contributed by atoms with E-state index in [1.54, 1.807) is 6.08 Å². The Bertz CT molecular complexity index is 318. The number of hydrogen-bond acceptors (Lipinski definition) is 2. The molecule has 0 aromatic heterocycles. The molecule has 2 nitrogen and oxygen atoms in total. The molecule has 0 fully saturated rings. The van der Waals surface area contributed by atoms with Crippen LogP contribution in [0.2, 0.25) is 0 Å². The summed E-state index contributed by atoms with van der Waals surface area (Å²) in [6.45, 7) is 1.91. The molecule has 15 heavy (non-hydrogen) atoms. The minimum Gasteiger partial charge on any atom is -0.469 e. The first kappa shape index (κ1) is 13.3. The minimum atomic E-state index is -0.157. The van der Waals surface area contributed by atoms with Crippen molar-refractivity contribution in [2.75, 3.05) is 7.11 Å². The van der Waals surface area contributed by atoms with Crippen LogP contribution in [0.15, 0.2) is 12.2 Å². The molecule has 0 aromatic rings. The van der Waals surface area contributed by atoms with Gasteiger partial charge in [-0.05, 0) is 37.7 Å². The van der Waals surface area contributed by atoms with Crippen LogP contribution in [0.1, 0.15) is 32.6 Å². The maximum absolute atomic E-state index is 10.7. The normalized spacial score (nSPS) is 8.67. The van der Waals surface area contributed by atoms with Crippen molar-refractivity contribution in [3.05, 3.63) is 12.2 Å². The van der Waals surface area contributed by atoms with Gasteiger partial charge in [-0.2, -0.15) is 0 Å². The Hall–Kier alpha value is -1.67. The van der Waals surface area contributed by atoms with Crippen LogP contribution < -0.4 is 0 Å². The number of unbranched alkanes of at least 4 members (excludes halogenated alkanes) is 2. The van der Waals surface area contributed by atoms with Gasteiger partial charge < -0.3 is 4.74 Å². The average molecular weight is 204 g/mol. The lowest BCUT2D eigenvalue weighted by molar-refractivity contribution is -0.140. The standard InChI is InChI=1S/C13H16O2/c1-3-4-5-6-7-8-9-10-11-12-13(14)15-2/h3-4H,9-12H2,1-2H3/b4-3-. The number of rotatable bonds is 4. The zero-order valence-electron chi connectivity index (χ0n) is 9.30. The Morgan fingerprint density at radius 1 is 1.33 bits per heavy atom. The molecule has 0 aromatic carbocycles. The molecule has 0 rings (SSSR count). The molecule has 0 aliphatic heterocycles. The summed E-state index contributed by atoms with van der Waals surface area (Å²) >= 11 is 0. The Morgan fingerprint density at radius 2 is 2.13 bits per heavy atom. The Kier molecular flexibility index (Phi) is 9.25. The fourth-order valence-electron chi connectivity index (χ4n) is 0.853. The predicted octanol–water partition coefficient (Wildman–Crippen LogP) is 2.30. The van der Waals surface area contributed by atoms with Crippen LogP contribution in [0.25, 0.3) is 0 Å². The fourth-order valence-corrected chi connectivity index (χ4v) is 0.853. The summed E-state index contributed by atoms with van der Waals surface area (Å²) < 4.78 is 4.52. The van der Waals surface area contributed by atoms with Crippen molar-refractivity contribution in [2.45, 2.75) is 32.6 Å². The maximum Gasteiger partial charge on any atom is 0.305 e. The summed E-state index contributed by atoms with van der Waals surface area (Å²) in [6, 6.07) is 0. The highest BCUT2D eigenvalue weighted by Crippen LogP contribution is 1.99. The predicted molar refractivity (Wildman–Crippen MR) is 60.9 cm³/mol. The van der Waals surface area contributed by atoms with Crippen molar-refractivity contribution >= 4 is 5.97 Å².